The summed E-state index contributed by atoms with van der Waals surface area (Å²) in [5.74, 6) is -2.13. The Hall–Kier alpha value is -2.90. The van der Waals surface area contributed by atoms with Crippen molar-refractivity contribution in [2.24, 2.45) is 5.92 Å². The fourth-order valence-corrected chi connectivity index (χ4v) is 2.65. The normalized spacial score (nSPS) is 13.5. The van der Waals surface area contributed by atoms with Crippen LogP contribution in [0.15, 0.2) is 30.3 Å². The Kier molecular flexibility index (Phi) is 10.4. The third kappa shape index (κ3) is 8.76. The van der Waals surface area contributed by atoms with E-state index in [0.29, 0.717) is 6.42 Å². The molecule has 29 heavy (non-hydrogen) atoms. The van der Waals surface area contributed by atoms with E-state index >= 15 is 0 Å². The molecule has 8 heteroatoms. The smallest absolute Gasteiger partial charge is 0.328 e. The lowest BCUT2D eigenvalue weighted by Gasteiger charge is -2.25. The maximum Gasteiger partial charge on any atom is 0.328 e. The molecule has 0 saturated heterocycles. The summed E-state index contributed by atoms with van der Waals surface area (Å²) in [6, 6.07) is 7.42. The topological polar surface area (TPSA) is 111 Å². The average Bonchev–Trinajstić information content (AvgIpc) is 2.72. The number of benzene rings is 1. The molecular weight excluding hydrogens is 376 g/mol. The molecule has 0 bridgehead atoms. The molecule has 1 rings (SSSR count). The van der Waals surface area contributed by atoms with Gasteiger partial charge in [0, 0.05) is 13.3 Å². The zero-order valence-corrected chi connectivity index (χ0v) is 17.4. The number of nitrogens with one attached hydrogen (secondary N) is 2. The van der Waals surface area contributed by atoms with Gasteiger partial charge in [-0.15, -0.1) is 0 Å². The van der Waals surface area contributed by atoms with Crippen molar-refractivity contribution in [2.75, 3.05) is 7.11 Å². The van der Waals surface area contributed by atoms with E-state index in [1.807, 2.05) is 44.2 Å². The van der Waals surface area contributed by atoms with Crippen LogP contribution in [-0.4, -0.2) is 42.9 Å². The van der Waals surface area contributed by atoms with Gasteiger partial charge in [-0.05, 0) is 17.9 Å². The van der Waals surface area contributed by atoms with Gasteiger partial charge in [-0.1, -0.05) is 50.6 Å². The van der Waals surface area contributed by atoms with Gasteiger partial charge in [0.05, 0.1) is 7.11 Å². The van der Waals surface area contributed by atoms with E-state index < -0.39 is 29.9 Å². The van der Waals surface area contributed by atoms with Crippen LogP contribution in [0.1, 0.15) is 45.6 Å². The molecule has 0 heterocycles. The van der Waals surface area contributed by atoms with E-state index in [4.69, 9.17) is 9.47 Å². The summed E-state index contributed by atoms with van der Waals surface area (Å²) in [6.45, 7) is 5.18. The van der Waals surface area contributed by atoms with Gasteiger partial charge in [0.1, 0.15) is 18.7 Å². The number of rotatable bonds is 11. The molecule has 0 saturated carbocycles. The second-order valence-electron chi connectivity index (χ2n) is 6.83. The second kappa shape index (κ2) is 12.5. The second-order valence-corrected chi connectivity index (χ2v) is 6.83. The fraction of sp³-hybridized carbons (Fsp3) is 0.524. The summed E-state index contributed by atoms with van der Waals surface area (Å²) in [5.41, 5.74) is 0.852. The van der Waals surface area contributed by atoms with Gasteiger partial charge in [0.15, 0.2) is 0 Å². The summed E-state index contributed by atoms with van der Waals surface area (Å²) in [5, 5.41) is 5.18. The quantitative estimate of drug-likeness (QED) is 0.542. The summed E-state index contributed by atoms with van der Waals surface area (Å²) < 4.78 is 9.92. The Morgan fingerprint density at radius 1 is 1.07 bits per heavy atom. The van der Waals surface area contributed by atoms with Crippen LogP contribution >= 0.6 is 0 Å². The molecule has 1 aromatic carbocycles. The molecule has 3 atom stereocenters. The van der Waals surface area contributed by atoms with E-state index in [1.54, 1.807) is 0 Å². The Morgan fingerprint density at radius 2 is 1.72 bits per heavy atom. The predicted octanol–water partition coefficient (Wildman–Crippen LogP) is 1.72. The first-order valence-corrected chi connectivity index (χ1v) is 9.63. The third-order valence-corrected chi connectivity index (χ3v) is 4.54. The lowest BCUT2D eigenvalue weighted by Crippen LogP contribution is -2.54. The molecule has 0 aromatic heterocycles. The number of ether oxygens (including phenoxy) is 2. The molecule has 8 nitrogen and oxygen atoms in total. The van der Waals surface area contributed by atoms with Gasteiger partial charge in [0.25, 0.3) is 0 Å². The minimum Gasteiger partial charge on any atom is -0.467 e. The fourth-order valence-electron chi connectivity index (χ4n) is 2.65. The predicted molar refractivity (Wildman–Crippen MR) is 106 cm³/mol. The molecule has 0 fully saturated rings. The summed E-state index contributed by atoms with van der Waals surface area (Å²) >= 11 is 0. The van der Waals surface area contributed by atoms with Crippen molar-refractivity contribution in [3.63, 3.8) is 0 Å². The number of carbonyl (C=O) groups is 4. The molecule has 0 aliphatic heterocycles. The first kappa shape index (κ1) is 24.1. The monoisotopic (exact) mass is 406 g/mol. The van der Waals surface area contributed by atoms with E-state index in [1.165, 1.54) is 14.0 Å². The molecule has 1 unspecified atom stereocenters. The molecule has 1 aromatic rings. The van der Waals surface area contributed by atoms with Crippen molar-refractivity contribution in [3.8, 4) is 0 Å². The first-order valence-electron chi connectivity index (χ1n) is 9.63. The Labute approximate surface area is 171 Å². The molecule has 2 N–H and O–H groups in total. The maximum absolute atomic E-state index is 12.6. The number of carbonyl (C=O) groups excluding carboxylic acids is 4. The van der Waals surface area contributed by atoms with Crippen molar-refractivity contribution in [2.45, 2.75) is 58.7 Å². The van der Waals surface area contributed by atoms with Crippen LogP contribution in [0.5, 0.6) is 0 Å². The average molecular weight is 406 g/mol. The van der Waals surface area contributed by atoms with Crippen LogP contribution in [0.3, 0.4) is 0 Å². The Bertz CT molecular complexity index is 692. The highest BCUT2D eigenvalue weighted by molar-refractivity contribution is 5.90. The molecular formula is C21H30N2O6. The Balaban J connectivity index is 2.66. The van der Waals surface area contributed by atoms with Crippen LogP contribution in [0.4, 0.5) is 0 Å². The van der Waals surface area contributed by atoms with Crippen molar-refractivity contribution in [1.29, 1.82) is 0 Å². The SMILES string of the molecule is CCC(C)[C@H](NC(C)=O)C(=O)N[C@H](CCC(=O)OCc1ccccc1)C(=O)OC. The zero-order chi connectivity index (χ0) is 21.8. The molecule has 0 aliphatic rings. The number of amides is 2. The van der Waals surface area contributed by atoms with Crippen molar-refractivity contribution in [1.82, 2.24) is 10.6 Å². The van der Waals surface area contributed by atoms with Gasteiger partial charge in [0.2, 0.25) is 11.8 Å². The van der Waals surface area contributed by atoms with Gasteiger partial charge >= 0.3 is 11.9 Å². The molecule has 2 amide bonds. The minimum atomic E-state index is -1.02. The highest BCUT2D eigenvalue weighted by atomic mass is 16.5. The number of hydrogen-bond acceptors (Lipinski definition) is 6. The summed E-state index contributed by atoms with van der Waals surface area (Å²) in [4.78, 5) is 48.1. The standard InChI is InChI=1S/C21H30N2O6/c1-5-14(2)19(22-15(3)24)20(26)23-17(21(27)28-4)11-12-18(25)29-13-16-9-7-6-8-10-16/h6-10,14,17,19H,5,11-13H2,1-4H3,(H,22,24)(H,23,26)/t14?,17-,19+/m1/s1. The van der Waals surface area contributed by atoms with Crippen molar-refractivity contribution >= 4 is 23.8 Å². The third-order valence-electron chi connectivity index (χ3n) is 4.54. The van der Waals surface area contributed by atoms with E-state index in [-0.39, 0.29) is 31.3 Å². The van der Waals surface area contributed by atoms with Crippen LogP contribution in [0, 0.1) is 5.92 Å². The Morgan fingerprint density at radius 3 is 2.28 bits per heavy atom. The van der Waals surface area contributed by atoms with Crippen LogP contribution in [0.25, 0.3) is 0 Å². The molecule has 0 radical (unpaired) electrons. The summed E-state index contributed by atoms with van der Waals surface area (Å²) in [6.07, 6.45) is 0.618. The minimum absolute atomic E-state index is 0.0271. The lowest BCUT2D eigenvalue weighted by molar-refractivity contribution is -0.148. The highest BCUT2D eigenvalue weighted by Crippen LogP contribution is 2.10. The summed E-state index contributed by atoms with van der Waals surface area (Å²) in [7, 11) is 1.20. The van der Waals surface area contributed by atoms with Gasteiger partial charge < -0.3 is 20.1 Å². The lowest BCUT2D eigenvalue weighted by atomic mass is 9.97. The van der Waals surface area contributed by atoms with Crippen molar-refractivity contribution < 1.29 is 28.7 Å². The van der Waals surface area contributed by atoms with E-state index in [2.05, 4.69) is 10.6 Å². The maximum atomic E-state index is 12.6. The van der Waals surface area contributed by atoms with Crippen LogP contribution < -0.4 is 10.6 Å². The molecule has 0 aliphatic carbocycles. The van der Waals surface area contributed by atoms with Gasteiger partial charge in [-0.2, -0.15) is 0 Å². The number of esters is 2. The first-order chi connectivity index (χ1) is 13.8. The number of methoxy groups -OCH3 is 1. The van der Waals surface area contributed by atoms with E-state index in [0.717, 1.165) is 5.56 Å². The van der Waals surface area contributed by atoms with E-state index in [9.17, 15) is 19.2 Å². The molecule has 0 spiro atoms. The zero-order valence-electron chi connectivity index (χ0n) is 17.4. The van der Waals surface area contributed by atoms with Crippen LogP contribution in [-0.2, 0) is 35.3 Å². The number of hydrogen-bond donors (Lipinski definition) is 2. The van der Waals surface area contributed by atoms with Crippen molar-refractivity contribution in [3.05, 3.63) is 35.9 Å². The van der Waals surface area contributed by atoms with Crippen LogP contribution in [0.2, 0.25) is 0 Å². The highest BCUT2D eigenvalue weighted by Gasteiger charge is 2.30. The molecule has 160 valence electrons. The van der Waals surface area contributed by atoms with Gasteiger partial charge in [-0.25, -0.2) is 4.79 Å². The van der Waals surface area contributed by atoms with Gasteiger partial charge in [-0.3, -0.25) is 14.4 Å². The largest absolute Gasteiger partial charge is 0.467 e.